The molecule has 198 valence electrons. The molecule has 3 N–H and O–H groups in total. The molecule has 8 nitrogen and oxygen atoms in total. The number of nitrogens with zero attached hydrogens (tertiary/aromatic N) is 2. The standard InChI is InChI=1S/C27H32ClFN4O4/c1-27(2,36)17-30-15-21(33(3)24(34)12-11-18-9-6-10-22(29)25(18)28)16-37-26(35)32-23-13-19-7-4-5-8-20(19)14-31-23/h4-10,13-14,21,30,36H,11-12,15-17H2,1-3H3,(H,31,32,35)/t21-/m0/s1. The number of amides is 2. The highest BCUT2D eigenvalue weighted by molar-refractivity contribution is 6.31. The van der Waals surface area contributed by atoms with Crippen molar-refractivity contribution in [2.24, 2.45) is 0 Å². The summed E-state index contributed by atoms with van der Waals surface area (Å²) in [6.07, 6.45) is 1.31. The van der Waals surface area contributed by atoms with Crippen molar-refractivity contribution in [3.8, 4) is 0 Å². The lowest BCUT2D eigenvalue weighted by molar-refractivity contribution is -0.132. The third-order valence-corrected chi connectivity index (χ3v) is 6.21. The molecule has 2 amide bonds. The van der Waals surface area contributed by atoms with Gasteiger partial charge in [-0.15, -0.1) is 0 Å². The summed E-state index contributed by atoms with van der Waals surface area (Å²) in [5, 5.41) is 17.6. The Bertz CT molecular complexity index is 1230. The molecule has 2 aromatic carbocycles. The number of likely N-dealkylation sites (N-methyl/N-ethyl adjacent to an activating group) is 1. The van der Waals surface area contributed by atoms with E-state index in [0.717, 1.165) is 10.8 Å². The number of anilines is 1. The van der Waals surface area contributed by atoms with Gasteiger partial charge in [0, 0.05) is 38.1 Å². The van der Waals surface area contributed by atoms with Gasteiger partial charge in [-0.1, -0.05) is 48.0 Å². The van der Waals surface area contributed by atoms with Crippen LogP contribution in [0, 0.1) is 5.82 Å². The maximum atomic E-state index is 13.7. The normalized spacial score (nSPS) is 12.3. The Kier molecular flexibility index (Phi) is 9.79. The van der Waals surface area contributed by atoms with E-state index in [-0.39, 0.29) is 43.5 Å². The van der Waals surface area contributed by atoms with Gasteiger partial charge < -0.3 is 20.1 Å². The molecule has 0 saturated carbocycles. The fourth-order valence-electron chi connectivity index (χ4n) is 3.68. The first-order chi connectivity index (χ1) is 17.5. The number of rotatable bonds is 11. The summed E-state index contributed by atoms with van der Waals surface area (Å²) in [6.45, 7) is 3.77. The van der Waals surface area contributed by atoms with Crippen molar-refractivity contribution in [1.29, 1.82) is 0 Å². The van der Waals surface area contributed by atoms with Crippen LogP contribution in [0.4, 0.5) is 15.0 Å². The molecular formula is C27H32ClFN4O4. The number of hydrogen-bond donors (Lipinski definition) is 3. The first kappa shape index (κ1) is 28.3. The molecule has 37 heavy (non-hydrogen) atoms. The second kappa shape index (κ2) is 12.8. The van der Waals surface area contributed by atoms with Crippen molar-refractivity contribution < 1.29 is 23.8 Å². The van der Waals surface area contributed by atoms with Crippen molar-refractivity contribution in [3.05, 3.63) is 71.1 Å². The molecule has 0 unspecified atom stereocenters. The number of hydrogen-bond acceptors (Lipinski definition) is 6. The molecule has 0 radical (unpaired) electrons. The summed E-state index contributed by atoms with van der Waals surface area (Å²) in [6, 6.07) is 13.3. The van der Waals surface area contributed by atoms with Crippen LogP contribution >= 0.6 is 11.6 Å². The number of carbonyl (C=O) groups is 2. The Morgan fingerprint density at radius 2 is 1.92 bits per heavy atom. The molecule has 1 heterocycles. The van der Waals surface area contributed by atoms with Gasteiger partial charge in [0.25, 0.3) is 0 Å². The largest absolute Gasteiger partial charge is 0.447 e. The lowest BCUT2D eigenvalue weighted by atomic mass is 10.1. The molecule has 0 saturated heterocycles. The zero-order chi connectivity index (χ0) is 27.0. The number of aromatic nitrogens is 1. The molecular weight excluding hydrogens is 499 g/mol. The highest BCUT2D eigenvalue weighted by Crippen LogP contribution is 2.21. The van der Waals surface area contributed by atoms with Crippen molar-refractivity contribution in [2.75, 3.05) is 32.1 Å². The van der Waals surface area contributed by atoms with Crippen LogP contribution in [0.1, 0.15) is 25.8 Å². The number of pyridine rings is 1. The third-order valence-electron chi connectivity index (χ3n) is 5.79. The van der Waals surface area contributed by atoms with Gasteiger partial charge in [-0.2, -0.15) is 0 Å². The monoisotopic (exact) mass is 530 g/mol. The van der Waals surface area contributed by atoms with E-state index in [9.17, 15) is 19.1 Å². The van der Waals surface area contributed by atoms with Crippen LogP contribution in [0.2, 0.25) is 5.02 Å². The number of aliphatic hydroxyl groups is 1. The number of fused-ring (bicyclic) bond motifs is 1. The van der Waals surface area contributed by atoms with Gasteiger partial charge in [-0.3, -0.25) is 10.1 Å². The van der Waals surface area contributed by atoms with Crippen LogP contribution in [-0.2, 0) is 16.0 Å². The summed E-state index contributed by atoms with van der Waals surface area (Å²) >= 11 is 6.01. The molecule has 0 aliphatic heterocycles. The van der Waals surface area contributed by atoms with Crippen molar-refractivity contribution >= 4 is 40.2 Å². The lowest BCUT2D eigenvalue weighted by Gasteiger charge is -2.29. The predicted molar refractivity (Wildman–Crippen MR) is 142 cm³/mol. The van der Waals surface area contributed by atoms with E-state index < -0.39 is 23.6 Å². The van der Waals surface area contributed by atoms with E-state index >= 15 is 0 Å². The third kappa shape index (κ3) is 8.66. The van der Waals surface area contributed by atoms with E-state index in [4.69, 9.17) is 16.3 Å². The number of carbonyl (C=O) groups excluding carboxylic acids is 2. The van der Waals surface area contributed by atoms with E-state index in [1.807, 2.05) is 24.3 Å². The Morgan fingerprint density at radius 1 is 1.19 bits per heavy atom. The van der Waals surface area contributed by atoms with Crippen molar-refractivity contribution in [3.63, 3.8) is 0 Å². The smallest absolute Gasteiger partial charge is 0.412 e. The molecule has 1 aromatic heterocycles. The summed E-state index contributed by atoms with van der Waals surface area (Å²) in [4.78, 5) is 31.1. The van der Waals surface area contributed by atoms with Crippen LogP contribution in [0.5, 0.6) is 0 Å². The minimum Gasteiger partial charge on any atom is -0.447 e. The van der Waals surface area contributed by atoms with Gasteiger partial charge in [-0.25, -0.2) is 14.2 Å². The SMILES string of the molecule is CN(C(=O)CCc1cccc(F)c1Cl)[C@@H](CNCC(C)(C)O)COC(=O)Nc1cc2ccccc2cn1. The van der Waals surface area contributed by atoms with E-state index in [2.05, 4.69) is 15.6 Å². The fraction of sp³-hybridized carbons (Fsp3) is 0.370. The topological polar surface area (TPSA) is 104 Å². The van der Waals surface area contributed by atoms with Gasteiger partial charge in [0.2, 0.25) is 5.91 Å². The van der Waals surface area contributed by atoms with Crippen LogP contribution in [0.3, 0.4) is 0 Å². The quantitative estimate of drug-likeness (QED) is 0.339. The van der Waals surface area contributed by atoms with E-state index in [1.165, 1.54) is 11.0 Å². The fourth-order valence-corrected chi connectivity index (χ4v) is 3.90. The maximum absolute atomic E-state index is 13.7. The minimum absolute atomic E-state index is 0.00338. The zero-order valence-electron chi connectivity index (χ0n) is 21.1. The first-order valence-corrected chi connectivity index (χ1v) is 12.3. The Labute approximate surface area is 220 Å². The van der Waals surface area contributed by atoms with Crippen LogP contribution in [0.15, 0.2) is 54.7 Å². The maximum Gasteiger partial charge on any atom is 0.412 e. The highest BCUT2D eigenvalue weighted by atomic mass is 35.5. The number of ether oxygens (including phenoxy) is 1. The van der Waals surface area contributed by atoms with E-state index in [1.54, 1.807) is 45.3 Å². The molecule has 3 aromatic rings. The second-order valence-electron chi connectivity index (χ2n) is 9.45. The number of aryl methyl sites for hydroxylation is 1. The first-order valence-electron chi connectivity index (χ1n) is 11.9. The molecule has 0 aliphatic rings. The van der Waals surface area contributed by atoms with Gasteiger partial charge in [0.15, 0.2) is 0 Å². The van der Waals surface area contributed by atoms with Gasteiger partial charge in [0.05, 0.1) is 16.7 Å². The van der Waals surface area contributed by atoms with Gasteiger partial charge >= 0.3 is 6.09 Å². The molecule has 0 spiro atoms. The minimum atomic E-state index is -0.957. The zero-order valence-corrected chi connectivity index (χ0v) is 21.9. The lowest BCUT2D eigenvalue weighted by Crippen LogP contribution is -2.49. The average Bonchev–Trinajstić information content (AvgIpc) is 2.85. The Balaban J connectivity index is 1.60. The Hall–Kier alpha value is -3.27. The summed E-state index contributed by atoms with van der Waals surface area (Å²) in [7, 11) is 1.61. The second-order valence-corrected chi connectivity index (χ2v) is 9.83. The van der Waals surface area contributed by atoms with Crippen LogP contribution in [0.25, 0.3) is 10.8 Å². The van der Waals surface area contributed by atoms with Crippen LogP contribution in [-0.4, -0.2) is 65.4 Å². The van der Waals surface area contributed by atoms with Crippen LogP contribution < -0.4 is 10.6 Å². The predicted octanol–water partition coefficient (Wildman–Crippen LogP) is 4.40. The number of halogens is 2. The van der Waals surface area contributed by atoms with Gasteiger partial charge in [0.1, 0.15) is 18.2 Å². The molecule has 10 heteroatoms. The highest BCUT2D eigenvalue weighted by Gasteiger charge is 2.23. The summed E-state index contributed by atoms with van der Waals surface area (Å²) in [5.74, 6) is -0.415. The Morgan fingerprint density at radius 3 is 2.65 bits per heavy atom. The molecule has 0 bridgehead atoms. The summed E-state index contributed by atoms with van der Waals surface area (Å²) in [5.41, 5.74) is -0.417. The van der Waals surface area contributed by atoms with Crippen molar-refractivity contribution in [2.45, 2.75) is 38.3 Å². The number of benzene rings is 2. The molecule has 0 fully saturated rings. The van der Waals surface area contributed by atoms with E-state index in [0.29, 0.717) is 11.4 Å². The number of nitrogens with one attached hydrogen (secondary N) is 2. The average molecular weight is 531 g/mol. The van der Waals surface area contributed by atoms with Gasteiger partial charge in [-0.05, 0) is 43.4 Å². The molecule has 3 rings (SSSR count). The molecule has 1 atom stereocenters. The van der Waals surface area contributed by atoms with Crippen molar-refractivity contribution in [1.82, 2.24) is 15.2 Å². The summed E-state index contributed by atoms with van der Waals surface area (Å²) < 4.78 is 19.1. The molecule has 0 aliphatic carbocycles.